The van der Waals surface area contributed by atoms with Gasteiger partial charge in [-0.3, -0.25) is 9.48 Å². The standard InChI is InChI=1S/C17H22ClN3O2/c1-5-21-13(4)16(12(3)20-21)17(22)19-10-11(2)23-15-8-6-14(18)7-9-15/h6-9,11H,5,10H2,1-4H3,(H,19,22)/t11-/m0/s1. The predicted molar refractivity (Wildman–Crippen MR) is 91.3 cm³/mol. The molecule has 1 heterocycles. The van der Waals surface area contributed by atoms with Crippen molar-refractivity contribution in [2.24, 2.45) is 0 Å². The van der Waals surface area contributed by atoms with Gasteiger partial charge in [0.25, 0.3) is 5.91 Å². The minimum atomic E-state index is -0.151. The number of nitrogens with one attached hydrogen (secondary N) is 1. The molecule has 2 aromatic rings. The Labute approximate surface area is 141 Å². The molecule has 0 saturated heterocycles. The number of amides is 1. The number of hydrogen-bond donors (Lipinski definition) is 1. The van der Waals surface area contributed by atoms with E-state index in [1.54, 1.807) is 24.3 Å². The normalized spacial score (nSPS) is 12.0. The highest BCUT2D eigenvalue weighted by molar-refractivity contribution is 6.30. The first-order valence-electron chi connectivity index (χ1n) is 7.66. The second-order valence-corrected chi connectivity index (χ2v) is 5.89. The molecule has 6 heteroatoms. The quantitative estimate of drug-likeness (QED) is 0.880. The fraction of sp³-hybridized carbons (Fsp3) is 0.412. The van der Waals surface area contributed by atoms with Crippen LogP contribution in [0.25, 0.3) is 0 Å². The van der Waals surface area contributed by atoms with Gasteiger partial charge in [0.15, 0.2) is 0 Å². The van der Waals surface area contributed by atoms with Gasteiger partial charge in [-0.2, -0.15) is 5.10 Å². The summed E-state index contributed by atoms with van der Waals surface area (Å²) in [6.07, 6.45) is -0.151. The van der Waals surface area contributed by atoms with Gasteiger partial charge >= 0.3 is 0 Å². The van der Waals surface area contributed by atoms with E-state index in [1.807, 2.05) is 32.4 Å². The summed E-state index contributed by atoms with van der Waals surface area (Å²) in [5.41, 5.74) is 2.27. The first-order chi connectivity index (χ1) is 10.9. The lowest BCUT2D eigenvalue weighted by molar-refractivity contribution is 0.0931. The molecule has 0 radical (unpaired) electrons. The Hall–Kier alpha value is -2.01. The first kappa shape index (κ1) is 17.3. The van der Waals surface area contributed by atoms with Gasteiger partial charge in [0.05, 0.1) is 17.8 Å². The number of aryl methyl sites for hydroxylation is 2. The minimum absolute atomic E-state index is 0.119. The van der Waals surface area contributed by atoms with Gasteiger partial charge in [-0.1, -0.05) is 11.6 Å². The third-order valence-electron chi connectivity index (χ3n) is 3.61. The zero-order valence-electron chi connectivity index (χ0n) is 13.9. The number of rotatable bonds is 6. The fourth-order valence-electron chi connectivity index (χ4n) is 2.45. The van der Waals surface area contributed by atoms with Crippen LogP contribution < -0.4 is 10.1 Å². The maximum atomic E-state index is 12.4. The Morgan fingerprint density at radius 2 is 2.00 bits per heavy atom. The summed E-state index contributed by atoms with van der Waals surface area (Å²) in [5.74, 6) is 0.605. The average molecular weight is 336 g/mol. The molecule has 124 valence electrons. The summed E-state index contributed by atoms with van der Waals surface area (Å²) in [6.45, 7) is 8.83. The second-order valence-electron chi connectivity index (χ2n) is 5.45. The van der Waals surface area contributed by atoms with Crippen molar-refractivity contribution < 1.29 is 9.53 Å². The van der Waals surface area contributed by atoms with Gasteiger partial charge in [0.1, 0.15) is 11.9 Å². The predicted octanol–water partition coefficient (Wildman–Crippen LogP) is 3.37. The molecule has 1 N–H and O–H groups in total. The molecule has 0 saturated carbocycles. The van der Waals surface area contributed by atoms with E-state index in [9.17, 15) is 4.79 Å². The van der Waals surface area contributed by atoms with Gasteiger partial charge in [0.2, 0.25) is 0 Å². The Balaban J connectivity index is 1.93. The molecule has 0 unspecified atom stereocenters. The van der Waals surface area contributed by atoms with Crippen molar-refractivity contribution >= 4 is 17.5 Å². The molecule has 0 spiro atoms. The second kappa shape index (κ2) is 7.51. The molecule has 1 amide bonds. The molecule has 0 bridgehead atoms. The van der Waals surface area contributed by atoms with Gasteiger partial charge in [-0.25, -0.2) is 0 Å². The number of benzene rings is 1. The topological polar surface area (TPSA) is 56.2 Å². The van der Waals surface area contributed by atoms with Crippen LogP contribution in [0.2, 0.25) is 5.02 Å². The first-order valence-corrected chi connectivity index (χ1v) is 8.04. The van der Waals surface area contributed by atoms with Crippen LogP contribution in [-0.2, 0) is 6.54 Å². The maximum absolute atomic E-state index is 12.4. The summed E-state index contributed by atoms with van der Waals surface area (Å²) in [4.78, 5) is 12.4. The van der Waals surface area contributed by atoms with Gasteiger partial charge in [-0.15, -0.1) is 0 Å². The zero-order chi connectivity index (χ0) is 17.0. The molecule has 0 aliphatic rings. The van der Waals surface area contributed by atoms with Crippen molar-refractivity contribution in [3.05, 3.63) is 46.2 Å². The van der Waals surface area contributed by atoms with Crippen molar-refractivity contribution in [2.45, 2.75) is 40.3 Å². The number of halogens is 1. The van der Waals surface area contributed by atoms with E-state index in [1.165, 1.54) is 0 Å². The number of hydrogen-bond acceptors (Lipinski definition) is 3. The average Bonchev–Trinajstić information content (AvgIpc) is 2.81. The Kier molecular flexibility index (Phi) is 5.66. The monoisotopic (exact) mass is 335 g/mol. The molecule has 1 aromatic heterocycles. The van der Waals surface area contributed by atoms with Crippen LogP contribution in [0.3, 0.4) is 0 Å². The molecular formula is C17H22ClN3O2. The minimum Gasteiger partial charge on any atom is -0.489 e. The Bertz CT molecular complexity index is 680. The largest absolute Gasteiger partial charge is 0.489 e. The van der Waals surface area contributed by atoms with Crippen LogP contribution in [0, 0.1) is 13.8 Å². The van der Waals surface area contributed by atoms with Crippen LogP contribution >= 0.6 is 11.6 Å². The number of carbonyl (C=O) groups is 1. The highest BCUT2D eigenvalue weighted by Crippen LogP contribution is 2.17. The molecule has 2 rings (SSSR count). The van der Waals surface area contributed by atoms with E-state index in [0.29, 0.717) is 17.1 Å². The molecule has 5 nitrogen and oxygen atoms in total. The summed E-state index contributed by atoms with van der Waals surface area (Å²) >= 11 is 5.84. The smallest absolute Gasteiger partial charge is 0.255 e. The Morgan fingerprint density at radius 3 is 2.57 bits per heavy atom. The lowest BCUT2D eigenvalue weighted by atomic mass is 10.2. The van der Waals surface area contributed by atoms with Gasteiger partial charge in [0, 0.05) is 17.3 Å². The van der Waals surface area contributed by atoms with Crippen LogP contribution in [-0.4, -0.2) is 28.3 Å². The zero-order valence-corrected chi connectivity index (χ0v) is 14.6. The molecule has 1 aromatic carbocycles. The molecular weight excluding hydrogens is 314 g/mol. The van der Waals surface area contributed by atoms with Crippen molar-refractivity contribution in [3.8, 4) is 5.75 Å². The van der Waals surface area contributed by atoms with Crippen molar-refractivity contribution in [1.82, 2.24) is 15.1 Å². The van der Waals surface area contributed by atoms with Crippen LogP contribution in [0.5, 0.6) is 5.75 Å². The van der Waals surface area contributed by atoms with Crippen LogP contribution in [0.4, 0.5) is 0 Å². The number of carbonyl (C=O) groups excluding carboxylic acids is 1. The third kappa shape index (κ3) is 4.26. The van der Waals surface area contributed by atoms with Crippen molar-refractivity contribution in [3.63, 3.8) is 0 Å². The molecule has 0 aliphatic carbocycles. The van der Waals surface area contributed by atoms with E-state index >= 15 is 0 Å². The molecule has 23 heavy (non-hydrogen) atoms. The summed E-state index contributed by atoms with van der Waals surface area (Å²) in [7, 11) is 0. The van der Waals surface area contributed by atoms with Crippen molar-refractivity contribution in [1.29, 1.82) is 0 Å². The highest BCUT2D eigenvalue weighted by atomic mass is 35.5. The highest BCUT2D eigenvalue weighted by Gasteiger charge is 2.18. The van der Waals surface area contributed by atoms with Crippen LogP contribution in [0.1, 0.15) is 35.6 Å². The van der Waals surface area contributed by atoms with Crippen molar-refractivity contribution in [2.75, 3.05) is 6.54 Å². The lowest BCUT2D eigenvalue weighted by Crippen LogP contribution is -2.34. The van der Waals surface area contributed by atoms with E-state index in [0.717, 1.165) is 23.7 Å². The lowest BCUT2D eigenvalue weighted by Gasteiger charge is -2.15. The SMILES string of the molecule is CCn1nc(C)c(C(=O)NC[C@H](C)Oc2ccc(Cl)cc2)c1C. The maximum Gasteiger partial charge on any atom is 0.255 e. The number of nitrogens with zero attached hydrogens (tertiary/aromatic N) is 2. The third-order valence-corrected chi connectivity index (χ3v) is 3.86. The molecule has 0 aliphatic heterocycles. The van der Waals surface area contributed by atoms with E-state index in [4.69, 9.17) is 16.3 Å². The summed E-state index contributed by atoms with van der Waals surface area (Å²) in [6, 6.07) is 7.16. The van der Waals surface area contributed by atoms with E-state index < -0.39 is 0 Å². The molecule has 0 fully saturated rings. The Morgan fingerprint density at radius 1 is 1.35 bits per heavy atom. The molecule has 1 atom stereocenters. The van der Waals surface area contributed by atoms with Gasteiger partial charge in [-0.05, 0) is 52.0 Å². The number of ether oxygens (including phenoxy) is 1. The van der Waals surface area contributed by atoms with E-state index in [2.05, 4.69) is 10.4 Å². The fourth-order valence-corrected chi connectivity index (χ4v) is 2.57. The van der Waals surface area contributed by atoms with Gasteiger partial charge < -0.3 is 10.1 Å². The summed E-state index contributed by atoms with van der Waals surface area (Å²) in [5, 5.41) is 7.94. The van der Waals surface area contributed by atoms with Crippen LogP contribution in [0.15, 0.2) is 24.3 Å². The number of aromatic nitrogens is 2. The van der Waals surface area contributed by atoms with E-state index in [-0.39, 0.29) is 12.0 Å². The summed E-state index contributed by atoms with van der Waals surface area (Å²) < 4.78 is 7.58.